The van der Waals surface area contributed by atoms with Crippen LogP contribution in [0.15, 0.2) is 47.4 Å². The number of amides is 1. The number of hydrogen-bond donors (Lipinski definition) is 2. The number of sulfonamides is 1. The number of nitrogens with one attached hydrogen (secondary N) is 2. The maximum atomic E-state index is 12.6. The van der Waals surface area contributed by atoms with Gasteiger partial charge in [0, 0.05) is 31.0 Å². The molecule has 0 radical (unpaired) electrons. The molecule has 2 aromatic carbocycles. The van der Waals surface area contributed by atoms with Crippen molar-refractivity contribution in [3.63, 3.8) is 0 Å². The molecule has 0 atom stereocenters. The summed E-state index contributed by atoms with van der Waals surface area (Å²) in [5, 5.41) is 2.81. The van der Waals surface area contributed by atoms with Crippen molar-refractivity contribution in [3.05, 3.63) is 59.2 Å². The summed E-state index contributed by atoms with van der Waals surface area (Å²) in [7, 11) is -3.69. The van der Waals surface area contributed by atoms with Gasteiger partial charge >= 0.3 is 0 Å². The first kappa shape index (κ1) is 20.9. The first-order valence-corrected chi connectivity index (χ1v) is 10.4. The van der Waals surface area contributed by atoms with Gasteiger partial charge in [-0.25, -0.2) is 8.42 Å². The Hall–Kier alpha value is -2.38. The van der Waals surface area contributed by atoms with E-state index in [0.717, 1.165) is 12.0 Å². The van der Waals surface area contributed by atoms with E-state index in [2.05, 4.69) is 10.0 Å². The summed E-state index contributed by atoms with van der Waals surface area (Å²) in [6.07, 6.45) is 0.743. The van der Waals surface area contributed by atoms with Gasteiger partial charge in [0.15, 0.2) is 0 Å². The lowest BCUT2D eigenvalue weighted by Gasteiger charge is -2.12. The lowest BCUT2D eigenvalue weighted by Crippen LogP contribution is -2.25. The molecule has 146 valence electrons. The molecule has 2 aromatic rings. The normalized spacial score (nSPS) is 11.2. The molecule has 0 aliphatic rings. The Morgan fingerprint density at radius 1 is 1.07 bits per heavy atom. The van der Waals surface area contributed by atoms with Crippen molar-refractivity contribution in [3.8, 4) is 0 Å². The van der Waals surface area contributed by atoms with E-state index in [9.17, 15) is 13.2 Å². The van der Waals surface area contributed by atoms with Crippen molar-refractivity contribution in [1.82, 2.24) is 5.32 Å². The van der Waals surface area contributed by atoms with Crippen molar-refractivity contribution >= 4 is 21.6 Å². The van der Waals surface area contributed by atoms with Crippen LogP contribution in [0.1, 0.15) is 34.8 Å². The quantitative estimate of drug-likeness (QED) is 0.644. The Morgan fingerprint density at radius 3 is 2.44 bits per heavy atom. The van der Waals surface area contributed by atoms with E-state index >= 15 is 0 Å². The van der Waals surface area contributed by atoms with Gasteiger partial charge in [0.2, 0.25) is 0 Å². The lowest BCUT2D eigenvalue weighted by atomic mass is 10.2. The second-order valence-electron chi connectivity index (χ2n) is 6.26. The van der Waals surface area contributed by atoms with Gasteiger partial charge in [-0.1, -0.05) is 12.1 Å². The first-order valence-electron chi connectivity index (χ1n) is 8.89. The number of ether oxygens (including phenoxy) is 1. The third-order valence-electron chi connectivity index (χ3n) is 3.99. The highest BCUT2D eigenvalue weighted by molar-refractivity contribution is 7.92. The van der Waals surface area contributed by atoms with Gasteiger partial charge in [-0.05, 0) is 68.7 Å². The molecule has 0 unspecified atom stereocenters. The van der Waals surface area contributed by atoms with Crippen LogP contribution in [0.4, 0.5) is 5.69 Å². The van der Waals surface area contributed by atoms with Crippen molar-refractivity contribution in [2.45, 2.75) is 32.1 Å². The molecule has 0 aliphatic heterocycles. The number of carbonyl (C=O) groups is 1. The highest BCUT2D eigenvalue weighted by Gasteiger charge is 2.17. The molecule has 6 nitrogen and oxygen atoms in total. The molecule has 0 spiro atoms. The minimum atomic E-state index is -3.69. The van der Waals surface area contributed by atoms with Crippen molar-refractivity contribution in [2.24, 2.45) is 0 Å². The third-order valence-corrected chi connectivity index (χ3v) is 5.51. The topological polar surface area (TPSA) is 84.5 Å². The molecule has 2 rings (SSSR count). The monoisotopic (exact) mass is 390 g/mol. The first-order chi connectivity index (χ1) is 12.8. The number of carbonyl (C=O) groups excluding carboxylic acids is 1. The minimum Gasteiger partial charge on any atom is -0.382 e. The van der Waals surface area contributed by atoms with Crippen molar-refractivity contribution in [1.29, 1.82) is 0 Å². The summed E-state index contributed by atoms with van der Waals surface area (Å²) in [5.41, 5.74) is 2.43. The SMILES string of the molecule is CCOCCCNC(=O)c1ccc(NS(=O)(=O)c2cc(C)ccc2C)cc1. The van der Waals surface area contributed by atoms with E-state index in [0.29, 0.717) is 36.6 Å². The summed E-state index contributed by atoms with van der Waals surface area (Å²) < 4.78 is 33.0. The van der Waals surface area contributed by atoms with Gasteiger partial charge < -0.3 is 10.1 Å². The predicted octanol–water partition coefficient (Wildman–Crippen LogP) is 3.26. The Balaban J connectivity index is 2.00. The van der Waals surface area contributed by atoms with Crippen molar-refractivity contribution in [2.75, 3.05) is 24.5 Å². The molecule has 1 amide bonds. The van der Waals surface area contributed by atoms with Gasteiger partial charge in [0.05, 0.1) is 4.90 Å². The number of benzene rings is 2. The number of hydrogen-bond acceptors (Lipinski definition) is 4. The fraction of sp³-hybridized carbons (Fsp3) is 0.350. The number of rotatable bonds is 9. The fourth-order valence-electron chi connectivity index (χ4n) is 2.52. The molecule has 0 saturated carbocycles. The molecule has 7 heteroatoms. The Morgan fingerprint density at radius 2 is 1.78 bits per heavy atom. The fourth-order valence-corrected chi connectivity index (χ4v) is 3.91. The van der Waals surface area contributed by atoms with Crippen LogP contribution in [-0.4, -0.2) is 34.1 Å². The number of aryl methyl sites for hydroxylation is 2. The standard InChI is InChI=1S/C20H26N2O4S/c1-4-26-13-5-12-21-20(23)17-8-10-18(11-9-17)22-27(24,25)19-14-15(2)6-7-16(19)3/h6-11,14,22H,4-5,12-13H2,1-3H3,(H,21,23). The van der Waals surface area contributed by atoms with Gasteiger partial charge in [0.1, 0.15) is 0 Å². The largest absolute Gasteiger partial charge is 0.382 e. The maximum absolute atomic E-state index is 12.6. The van der Waals surface area contributed by atoms with Crippen molar-refractivity contribution < 1.29 is 17.9 Å². The van der Waals surface area contributed by atoms with E-state index in [4.69, 9.17) is 4.74 Å². The average Bonchev–Trinajstić information content (AvgIpc) is 2.63. The van der Waals surface area contributed by atoms with Gasteiger partial charge in [0.25, 0.3) is 15.9 Å². The van der Waals surface area contributed by atoms with Crippen LogP contribution in [-0.2, 0) is 14.8 Å². The van der Waals surface area contributed by atoms with E-state index < -0.39 is 10.0 Å². The molecule has 0 bridgehead atoms. The van der Waals surface area contributed by atoms with Crippen LogP contribution < -0.4 is 10.0 Å². The van der Waals surface area contributed by atoms with Gasteiger partial charge in [-0.2, -0.15) is 0 Å². The summed E-state index contributed by atoms with van der Waals surface area (Å²) >= 11 is 0. The predicted molar refractivity (Wildman–Crippen MR) is 107 cm³/mol. The summed E-state index contributed by atoms with van der Waals surface area (Å²) in [4.78, 5) is 12.3. The zero-order valence-corrected chi connectivity index (χ0v) is 16.7. The summed E-state index contributed by atoms with van der Waals surface area (Å²) in [6.45, 7) is 7.32. The van der Waals surface area contributed by atoms with E-state index in [1.54, 1.807) is 43.3 Å². The van der Waals surface area contributed by atoms with E-state index in [1.807, 2.05) is 19.9 Å². The maximum Gasteiger partial charge on any atom is 0.262 e. The summed E-state index contributed by atoms with van der Waals surface area (Å²) in [5.74, 6) is -0.199. The molecule has 0 aliphatic carbocycles. The molecular formula is C20H26N2O4S. The van der Waals surface area contributed by atoms with Gasteiger partial charge in [-0.15, -0.1) is 0 Å². The Kier molecular flexibility index (Phi) is 7.38. The van der Waals surface area contributed by atoms with Crippen LogP contribution in [0.5, 0.6) is 0 Å². The van der Waals surface area contributed by atoms with Crippen LogP contribution in [0.2, 0.25) is 0 Å². The third kappa shape index (κ3) is 6.08. The van der Waals surface area contributed by atoms with Gasteiger partial charge in [-0.3, -0.25) is 9.52 Å². The molecule has 0 aromatic heterocycles. The minimum absolute atomic E-state index is 0.199. The zero-order chi connectivity index (χ0) is 19.9. The Labute approximate surface area is 161 Å². The van der Waals surface area contributed by atoms with Crippen LogP contribution >= 0.6 is 0 Å². The molecule has 0 fully saturated rings. The average molecular weight is 391 g/mol. The highest BCUT2D eigenvalue weighted by Crippen LogP contribution is 2.21. The second-order valence-corrected chi connectivity index (χ2v) is 7.91. The molecule has 0 saturated heterocycles. The van der Waals surface area contributed by atoms with Crippen LogP contribution in [0, 0.1) is 13.8 Å². The number of anilines is 1. The van der Waals surface area contributed by atoms with E-state index in [-0.39, 0.29) is 10.8 Å². The van der Waals surface area contributed by atoms with E-state index in [1.165, 1.54) is 0 Å². The second kappa shape index (κ2) is 9.53. The molecule has 2 N–H and O–H groups in total. The lowest BCUT2D eigenvalue weighted by molar-refractivity contribution is 0.0944. The summed E-state index contributed by atoms with van der Waals surface area (Å²) in [6, 6.07) is 11.6. The Bertz CT molecular complexity index is 877. The smallest absolute Gasteiger partial charge is 0.262 e. The molecule has 27 heavy (non-hydrogen) atoms. The van der Waals surface area contributed by atoms with Crippen LogP contribution in [0.25, 0.3) is 0 Å². The zero-order valence-electron chi connectivity index (χ0n) is 15.9. The molecular weight excluding hydrogens is 364 g/mol. The molecule has 0 heterocycles. The highest BCUT2D eigenvalue weighted by atomic mass is 32.2. The van der Waals surface area contributed by atoms with Crippen LogP contribution in [0.3, 0.4) is 0 Å².